The fourth-order valence-electron chi connectivity index (χ4n) is 2.10. The van der Waals surface area contributed by atoms with Gasteiger partial charge in [0.1, 0.15) is 18.1 Å². The first-order valence-electron chi connectivity index (χ1n) is 7.40. The summed E-state index contributed by atoms with van der Waals surface area (Å²) in [6.45, 7) is 1.96. The fourth-order valence-corrected chi connectivity index (χ4v) is 3.80. The smallest absolute Gasteiger partial charge is 0.216 e. The second-order valence-electron chi connectivity index (χ2n) is 5.36. The minimum absolute atomic E-state index is 0.167. The monoisotopic (exact) mass is 369 g/mol. The van der Waals surface area contributed by atoms with Crippen LogP contribution in [0.15, 0.2) is 48.5 Å². The van der Waals surface area contributed by atoms with Crippen LogP contribution in [0, 0.1) is 0 Å². The maximum absolute atomic E-state index is 12.2. The predicted molar refractivity (Wildman–Crippen MR) is 95.2 cm³/mol. The number of hydrogen-bond acceptors (Lipinski definition) is 4. The fraction of sp³-hybridized carbons (Fsp3) is 0.294. The van der Waals surface area contributed by atoms with Gasteiger partial charge in [0.15, 0.2) is 0 Å². The summed E-state index contributed by atoms with van der Waals surface area (Å²) in [6.07, 6.45) is 0. The molecule has 5 nitrogen and oxygen atoms in total. The van der Waals surface area contributed by atoms with Gasteiger partial charge < -0.3 is 9.47 Å². The van der Waals surface area contributed by atoms with Crippen LogP contribution in [0.25, 0.3) is 0 Å². The summed E-state index contributed by atoms with van der Waals surface area (Å²) in [5, 5.41) is 0.435. The van der Waals surface area contributed by atoms with Gasteiger partial charge in [0.2, 0.25) is 10.0 Å². The number of nitrogens with one attached hydrogen (secondary N) is 1. The Morgan fingerprint density at radius 1 is 1.08 bits per heavy atom. The Morgan fingerprint density at radius 2 is 1.71 bits per heavy atom. The molecular weight excluding hydrogens is 350 g/mol. The van der Waals surface area contributed by atoms with Crippen molar-refractivity contribution in [2.75, 3.05) is 13.7 Å². The summed E-state index contributed by atoms with van der Waals surface area (Å²) >= 11 is 6.01. The van der Waals surface area contributed by atoms with Gasteiger partial charge in [0, 0.05) is 5.02 Å². The van der Waals surface area contributed by atoms with Crippen LogP contribution in [-0.4, -0.2) is 28.2 Å². The van der Waals surface area contributed by atoms with Gasteiger partial charge in [-0.05, 0) is 42.8 Å². The van der Waals surface area contributed by atoms with E-state index in [9.17, 15) is 8.42 Å². The van der Waals surface area contributed by atoms with E-state index >= 15 is 0 Å². The van der Waals surface area contributed by atoms with E-state index in [1.54, 1.807) is 62.6 Å². The molecule has 0 amide bonds. The summed E-state index contributed by atoms with van der Waals surface area (Å²) < 4.78 is 37.7. The van der Waals surface area contributed by atoms with E-state index < -0.39 is 10.0 Å². The molecule has 0 aromatic heterocycles. The number of rotatable bonds is 8. The maximum atomic E-state index is 12.2. The first-order chi connectivity index (χ1) is 11.4. The third-order valence-electron chi connectivity index (χ3n) is 3.24. The van der Waals surface area contributed by atoms with Gasteiger partial charge in [-0.15, -0.1) is 0 Å². The van der Waals surface area contributed by atoms with Gasteiger partial charge in [-0.2, -0.15) is 0 Å². The van der Waals surface area contributed by atoms with Crippen molar-refractivity contribution < 1.29 is 17.9 Å². The van der Waals surface area contributed by atoms with Crippen LogP contribution in [0.1, 0.15) is 12.5 Å². The highest BCUT2D eigenvalue weighted by Gasteiger charge is 2.17. The van der Waals surface area contributed by atoms with Gasteiger partial charge in [-0.1, -0.05) is 29.8 Å². The van der Waals surface area contributed by atoms with Crippen molar-refractivity contribution in [2.24, 2.45) is 0 Å². The molecule has 0 unspecified atom stereocenters. The average Bonchev–Trinajstić information content (AvgIpc) is 2.55. The molecule has 0 aliphatic carbocycles. The number of ether oxygens (including phenoxy) is 2. The summed E-state index contributed by atoms with van der Waals surface area (Å²) in [6, 6.07) is 13.6. The first kappa shape index (κ1) is 18.6. The lowest BCUT2D eigenvalue weighted by atomic mass is 10.2. The quantitative estimate of drug-likeness (QED) is 0.775. The molecule has 0 radical (unpaired) electrons. The number of halogens is 1. The van der Waals surface area contributed by atoms with Gasteiger partial charge in [-0.3, -0.25) is 0 Å². The lowest BCUT2D eigenvalue weighted by molar-refractivity contribution is 0.287. The molecule has 0 spiro atoms. The lowest BCUT2D eigenvalue weighted by Crippen LogP contribution is -2.37. The van der Waals surface area contributed by atoms with Crippen molar-refractivity contribution in [1.82, 2.24) is 4.72 Å². The normalized spacial score (nSPS) is 12.6. The van der Waals surface area contributed by atoms with Crippen LogP contribution in [0.2, 0.25) is 5.02 Å². The zero-order valence-corrected chi connectivity index (χ0v) is 15.1. The Bertz CT molecular complexity index is 762. The van der Waals surface area contributed by atoms with E-state index in [1.807, 2.05) is 0 Å². The topological polar surface area (TPSA) is 64.6 Å². The van der Waals surface area contributed by atoms with Crippen molar-refractivity contribution in [3.8, 4) is 11.5 Å². The molecule has 0 bridgehead atoms. The Morgan fingerprint density at radius 3 is 2.33 bits per heavy atom. The van der Waals surface area contributed by atoms with Crippen molar-refractivity contribution in [3.63, 3.8) is 0 Å². The number of methoxy groups -OCH3 is 1. The molecule has 0 heterocycles. The highest BCUT2D eigenvalue weighted by Crippen LogP contribution is 2.18. The van der Waals surface area contributed by atoms with Gasteiger partial charge in [0.25, 0.3) is 0 Å². The molecule has 1 atom stereocenters. The van der Waals surface area contributed by atoms with E-state index in [0.29, 0.717) is 16.3 Å². The zero-order chi connectivity index (χ0) is 17.6. The summed E-state index contributed by atoms with van der Waals surface area (Å²) in [5.74, 6) is 1.21. The van der Waals surface area contributed by atoms with E-state index in [-0.39, 0.29) is 18.4 Å². The van der Waals surface area contributed by atoms with Crippen molar-refractivity contribution in [3.05, 3.63) is 59.1 Å². The third-order valence-corrected chi connectivity index (χ3v) is 5.06. The summed E-state index contributed by atoms with van der Waals surface area (Å²) in [7, 11) is -1.92. The van der Waals surface area contributed by atoms with E-state index in [4.69, 9.17) is 21.1 Å². The molecule has 0 aliphatic heterocycles. The standard InChI is InChI=1S/C17H20ClNO4S/c1-13(11-23-16-9-7-15(22-2)8-10-16)19-24(20,21)12-14-5-3-4-6-17(14)18/h3-10,13,19H,11-12H2,1-2H3/t13-/m0/s1. The zero-order valence-electron chi connectivity index (χ0n) is 13.5. The second kappa shape index (κ2) is 8.37. The number of benzene rings is 2. The molecule has 1 N–H and O–H groups in total. The molecule has 130 valence electrons. The predicted octanol–water partition coefficient (Wildman–Crippen LogP) is 3.24. The largest absolute Gasteiger partial charge is 0.497 e. The van der Waals surface area contributed by atoms with E-state index in [0.717, 1.165) is 5.75 Å². The number of hydrogen-bond donors (Lipinski definition) is 1. The third kappa shape index (κ3) is 5.70. The molecule has 24 heavy (non-hydrogen) atoms. The Labute approximate surface area is 147 Å². The van der Waals surface area contributed by atoms with Crippen LogP contribution in [0.4, 0.5) is 0 Å². The van der Waals surface area contributed by atoms with Crippen LogP contribution in [0.5, 0.6) is 11.5 Å². The first-order valence-corrected chi connectivity index (χ1v) is 9.43. The van der Waals surface area contributed by atoms with Crippen LogP contribution in [-0.2, 0) is 15.8 Å². The van der Waals surface area contributed by atoms with Crippen molar-refractivity contribution in [1.29, 1.82) is 0 Å². The van der Waals surface area contributed by atoms with Gasteiger partial charge in [0.05, 0.1) is 18.9 Å². The van der Waals surface area contributed by atoms with Crippen molar-refractivity contribution in [2.45, 2.75) is 18.7 Å². The van der Waals surface area contributed by atoms with Gasteiger partial charge in [-0.25, -0.2) is 13.1 Å². The Hall–Kier alpha value is -1.76. The van der Waals surface area contributed by atoms with Gasteiger partial charge >= 0.3 is 0 Å². The van der Waals surface area contributed by atoms with Crippen LogP contribution >= 0.6 is 11.6 Å². The van der Waals surface area contributed by atoms with Crippen LogP contribution in [0.3, 0.4) is 0 Å². The SMILES string of the molecule is COc1ccc(OC[C@H](C)NS(=O)(=O)Cc2ccccc2Cl)cc1. The molecule has 0 saturated carbocycles. The van der Waals surface area contributed by atoms with Crippen molar-refractivity contribution >= 4 is 21.6 Å². The minimum atomic E-state index is -3.51. The average molecular weight is 370 g/mol. The minimum Gasteiger partial charge on any atom is -0.497 e. The van der Waals surface area contributed by atoms with Crippen LogP contribution < -0.4 is 14.2 Å². The molecule has 0 saturated heterocycles. The van der Waals surface area contributed by atoms with E-state index in [2.05, 4.69) is 4.72 Å². The molecule has 2 aromatic rings. The Balaban J connectivity index is 1.88. The molecule has 0 aliphatic rings. The molecule has 7 heteroatoms. The summed E-state index contributed by atoms with van der Waals surface area (Å²) in [5.41, 5.74) is 0.565. The lowest BCUT2D eigenvalue weighted by Gasteiger charge is -2.16. The van der Waals surface area contributed by atoms with E-state index in [1.165, 1.54) is 0 Å². The highest BCUT2D eigenvalue weighted by molar-refractivity contribution is 7.88. The highest BCUT2D eigenvalue weighted by atomic mass is 35.5. The maximum Gasteiger partial charge on any atom is 0.216 e. The molecule has 0 fully saturated rings. The molecule has 2 aromatic carbocycles. The second-order valence-corrected chi connectivity index (χ2v) is 7.52. The Kier molecular flexibility index (Phi) is 6.48. The molecule has 2 rings (SSSR count). The summed E-state index contributed by atoms with van der Waals surface area (Å²) in [4.78, 5) is 0. The molecular formula is C17H20ClNO4S. The number of sulfonamides is 1.